The van der Waals surface area contributed by atoms with Gasteiger partial charge in [0.05, 0.1) is 12.1 Å². The maximum absolute atomic E-state index is 12.9. The first kappa shape index (κ1) is 19.3. The van der Waals surface area contributed by atoms with E-state index in [4.69, 9.17) is 9.26 Å². The summed E-state index contributed by atoms with van der Waals surface area (Å²) < 4.78 is 11.5. The molecule has 3 rings (SSSR count). The van der Waals surface area contributed by atoms with E-state index in [-0.39, 0.29) is 24.2 Å². The Balaban J connectivity index is 1.50. The van der Waals surface area contributed by atoms with Crippen molar-refractivity contribution < 1.29 is 14.1 Å². The monoisotopic (exact) mass is 364 g/mol. The number of carbonyl (C=O) groups excluding carboxylic acids is 1. The second-order valence-electron chi connectivity index (χ2n) is 7.51. The van der Waals surface area contributed by atoms with Crippen LogP contribution in [0.2, 0.25) is 0 Å². The molecule has 1 aromatic heterocycles. The fourth-order valence-electron chi connectivity index (χ4n) is 3.93. The molecule has 7 heteroatoms. The largest absolute Gasteiger partial charge is 0.365 e. The van der Waals surface area contributed by atoms with Gasteiger partial charge in [-0.15, -0.1) is 0 Å². The van der Waals surface area contributed by atoms with Crippen LogP contribution in [0.3, 0.4) is 0 Å². The van der Waals surface area contributed by atoms with E-state index in [1.54, 1.807) is 0 Å². The molecule has 1 aliphatic heterocycles. The second kappa shape index (κ2) is 8.95. The van der Waals surface area contributed by atoms with Crippen molar-refractivity contribution >= 4 is 5.91 Å². The normalized spacial score (nSPS) is 22.3. The molecule has 146 valence electrons. The average molecular weight is 364 g/mol. The Morgan fingerprint density at radius 3 is 2.50 bits per heavy atom. The minimum absolute atomic E-state index is 0.0777. The topological polar surface area (TPSA) is 71.7 Å². The van der Waals surface area contributed by atoms with Crippen molar-refractivity contribution in [3.8, 4) is 0 Å². The summed E-state index contributed by atoms with van der Waals surface area (Å²) in [5.74, 6) is 1.46. The quantitative estimate of drug-likeness (QED) is 0.773. The molecular formula is C19H32N4O3. The van der Waals surface area contributed by atoms with Crippen LogP contribution in [0.25, 0.3) is 0 Å². The molecule has 1 aliphatic carbocycles. The first-order valence-corrected chi connectivity index (χ1v) is 10.1. The molecule has 1 amide bonds. The van der Waals surface area contributed by atoms with Crippen LogP contribution >= 0.6 is 0 Å². The molecule has 1 saturated carbocycles. The third-order valence-corrected chi connectivity index (χ3v) is 5.63. The molecule has 1 saturated heterocycles. The van der Waals surface area contributed by atoms with Gasteiger partial charge in [-0.1, -0.05) is 31.3 Å². The lowest BCUT2D eigenvalue weighted by Gasteiger charge is -2.38. The van der Waals surface area contributed by atoms with Crippen LogP contribution < -0.4 is 0 Å². The van der Waals surface area contributed by atoms with Gasteiger partial charge in [0.25, 0.3) is 5.91 Å². The van der Waals surface area contributed by atoms with E-state index in [0.717, 1.165) is 45.4 Å². The van der Waals surface area contributed by atoms with Gasteiger partial charge in [-0.3, -0.25) is 9.69 Å². The highest BCUT2D eigenvalue weighted by Gasteiger charge is 2.31. The van der Waals surface area contributed by atoms with Gasteiger partial charge >= 0.3 is 0 Å². The molecular weight excluding hydrogens is 332 g/mol. The van der Waals surface area contributed by atoms with Gasteiger partial charge < -0.3 is 14.2 Å². The van der Waals surface area contributed by atoms with E-state index in [2.05, 4.69) is 22.0 Å². The highest BCUT2D eigenvalue weighted by atomic mass is 16.5. The fourth-order valence-corrected chi connectivity index (χ4v) is 3.93. The third kappa shape index (κ3) is 4.62. The Kier molecular flexibility index (Phi) is 6.64. The highest BCUT2D eigenvalue weighted by Crippen LogP contribution is 2.24. The summed E-state index contributed by atoms with van der Waals surface area (Å²) in [4.78, 5) is 21.5. The van der Waals surface area contributed by atoms with E-state index in [1.165, 1.54) is 19.3 Å². The number of ether oxygens (including phenoxy) is 1. The van der Waals surface area contributed by atoms with Crippen molar-refractivity contribution in [3.05, 3.63) is 11.7 Å². The molecule has 2 aliphatic rings. The Hall–Kier alpha value is -1.47. The average Bonchev–Trinajstić information content (AvgIpc) is 3.12. The Bertz CT molecular complexity index is 577. The maximum atomic E-state index is 12.9. The molecule has 0 N–H and O–H groups in total. The highest BCUT2D eigenvalue weighted by molar-refractivity contribution is 5.81. The van der Waals surface area contributed by atoms with Crippen molar-refractivity contribution in [2.75, 3.05) is 26.2 Å². The van der Waals surface area contributed by atoms with Crippen LogP contribution in [0.5, 0.6) is 0 Å². The van der Waals surface area contributed by atoms with Crippen molar-refractivity contribution in [1.29, 1.82) is 0 Å². The molecule has 2 heterocycles. The first-order chi connectivity index (χ1) is 12.6. The Labute approximate surface area is 156 Å². The summed E-state index contributed by atoms with van der Waals surface area (Å²) in [7, 11) is 0. The van der Waals surface area contributed by atoms with Crippen LogP contribution in [0.4, 0.5) is 0 Å². The lowest BCUT2D eigenvalue weighted by molar-refractivity contribution is -0.151. The van der Waals surface area contributed by atoms with E-state index in [0.29, 0.717) is 11.7 Å². The summed E-state index contributed by atoms with van der Waals surface area (Å²) in [5.41, 5.74) is 0. The minimum atomic E-state index is -0.291. The molecule has 1 aromatic rings. The third-order valence-electron chi connectivity index (χ3n) is 5.63. The van der Waals surface area contributed by atoms with E-state index in [1.807, 2.05) is 18.7 Å². The van der Waals surface area contributed by atoms with Gasteiger partial charge in [-0.2, -0.15) is 4.98 Å². The molecule has 2 unspecified atom stereocenters. The summed E-state index contributed by atoms with van der Waals surface area (Å²) in [6, 6.07) is 0.0777. The Morgan fingerprint density at radius 1 is 1.23 bits per heavy atom. The van der Waals surface area contributed by atoms with Crippen molar-refractivity contribution in [3.63, 3.8) is 0 Å². The smallest absolute Gasteiger partial charge is 0.251 e. The minimum Gasteiger partial charge on any atom is -0.365 e. The van der Waals surface area contributed by atoms with Gasteiger partial charge in [0, 0.05) is 26.2 Å². The summed E-state index contributed by atoms with van der Waals surface area (Å²) >= 11 is 0. The number of hydrogen-bond donors (Lipinski definition) is 0. The summed E-state index contributed by atoms with van der Waals surface area (Å²) in [6.07, 6.45) is 6.65. The zero-order valence-corrected chi connectivity index (χ0v) is 16.3. The van der Waals surface area contributed by atoms with Crippen LogP contribution in [0.15, 0.2) is 4.52 Å². The van der Waals surface area contributed by atoms with Gasteiger partial charge in [0.15, 0.2) is 5.82 Å². The van der Waals surface area contributed by atoms with E-state index >= 15 is 0 Å². The fraction of sp³-hybridized carbons (Fsp3) is 0.842. The number of amides is 1. The number of aryl methyl sites for hydroxylation is 1. The predicted molar refractivity (Wildman–Crippen MR) is 97.6 cm³/mol. The number of hydrogen-bond acceptors (Lipinski definition) is 6. The van der Waals surface area contributed by atoms with E-state index < -0.39 is 0 Å². The van der Waals surface area contributed by atoms with Gasteiger partial charge in [-0.25, -0.2) is 0 Å². The van der Waals surface area contributed by atoms with Crippen molar-refractivity contribution in [2.24, 2.45) is 0 Å². The lowest BCUT2D eigenvalue weighted by Crippen LogP contribution is -2.52. The molecule has 0 aromatic carbocycles. The number of rotatable bonds is 6. The molecule has 0 bridgehead atoms. The van der Waals surface area contributed by atoms with Crippen LogP contribution in [-0.2, 0) is 9.53 Å². The standard InChI is InChI=1S/C19H32N4O3/c1-4-17(25-16-8-6-5-7-9-16)19(24)23-12-10-22(11-13-23)14(2)18-20-15(3)21-26-18/h14,16-17H,4-13H2,1-3H3. The SMILES string of the molecule is CCC(OC1CCCCC1)C(=O)N1CCN(C(C)c2nc(C)no2)CC1. The maximum Gasteiger partial charge on any atom is 0.251 e. The lowest BCUT2D eigenvalue weighted by atomic mass is 9.97. The van der Waals surface area contributed by atoms with Crippen molar-refractivity contribution in [2.45, 2.75) is 77.5 Å². The summed E-state index contributed by atoms with van der Waals surface area (Å²) in [5, 5.41) is 3.87. The molecule has 2 atom stereocenters. The van der Waals surface area contributed by atoms with E-state index in [9.17, 15) is 4.79 Å². The first-order valence-electron chi connectivity index (χ1n) is 10.1. The van der Waals surface area contributed by atoms with Crippen LogP contribution in [0.1, 0.15) is 70.1 Å². The molecule has 7 nitrogen and oxygen atoms in total. The van der Waals surface area contributed by atoms with Crippen molar-refractivity contribution in [1.82, 2.24) is 19.9 Å². The van der Waals surface area contributed by atoms with Gasteiger partial charge in [-0.05, 0) is 33.1 Å². The number of nitrogens with zero attached hydrogens (tertiary/aromatic N) is 4. The molecule has 0 spiro atoms. The number of carbonyl (C=O) groups is 1. The zero-order valence-electron chi connectivity index (χ0n) is 16.3. The molecule has 26 heavy (non-hydrogen) atoms. The Morgan fingerprint density at radius 2 is 1.92 bits per heavy atom. The van der Waals surface area contributed by atoms with Gasteiger partial charge in [0.1, 0.15) is 6.10 Å². The number of piperazine rings is 1. The predicted octanol–water partition coefficient (Wildman–Crippen LogP) is 2.71. The molecule has 2 fully saturated rings. The van der Waals surface area contributed by atoms with Gasteiger partial charge in [0.2, 0.25) is 5.89 Å². The number of aromatic nitrogens is 2. The van der Waals surface area contributed by atoms with Crippen LogP contribution in [0, 0.1) is 6.92 Å². The molecule has 0 radical (unpaired) electrons. The zero-order chi connectivity index (χ0) is 18.5. The summed E-state index contributed by atoms with van der Waals surface area (Å²) in [6.45, 7) is 9.02. The second-order valence-corrected chi connectivity index (χ2v) is 7.51. The van der Waals surface area contributed by atoms with Crippen LogP contribution in [-0.4, -0.2) is 64.2 Å².